The second-order valence-electron chi connectivity index (χ2n) is 6.29. The number of thioether (sulfide) groups is 1. The first-order chi connectivity index (χ1) is 13.7. The Bertz CT molecular complexity index is 1080. The summed E-state index contributed by atoms with van der Waals surface area (Å²) in [6.45, 7) is 0.206. The summed E-state index contributed by atoms with van der Waals surface area (Å²) in [5, 5.41) is 20.8. The zero-order valence-electron chi connectivity index (χ0n) is 15.6. The molecule has 1 fully saturated rings. The molecule has 1 aliphatic heterocycles. The van der Waals surface area contributed by atoms with Gasteiger partial charge in [0.2, 0.25) is 0 Å². The van der Waals surface area contributed by atoms with Gasteiger partial charge in [0.05, 0.1) is 27.8 Å². The Morgan fingerprint density at radius 1 is 1.45 bits per heavy atom. The van der Waals surface area contributed by atoms with Crippen LogP contribution in [0.5, 0.6) is 5.75 Å². The highest BCUT2D eigenvalue weighted by atomic mass is 32.2. The number of carbonyl (C=O) groups is 2. The Morgan fingerprint density at radius 2 is 2.17 bits per heavy atom. The van der Waals surface area contributed by atoms with Gasteiger partial charge in [-0.2, -0.15) is 0 Å². The van der Waals surface area contributed by atoms with E-state index in [4.69, 9.17) is 22.1 Å². The molecule has 1 aromatic heterocycles. The van der Waals surface area contributed by atoms with Crippen molar-refractivity contribution in [2.24, 2.45) is 7.05 Å². The Hall–Kier alpha value is -2.92. The van der Waals surface area contributed by atoms with Gasteiger partial charge >= 0.3 is 11.7 Å². The normalized spacial score (nSPS) is 15.5. The minimum absolute atomic E-state index is 0.0641. The Labute approximate surface area is 175 Å². The highest BCUT2D eigenvalue weighted by Gasteiger charge is 2.32. The summed E-state index contributed by atoms with van der Waals surface area (Å²) < 4.78 is 7.22. The number of nitrogens with zero attached hydrogens (tertiary/aromatic N) is 3. The molecule has 9 nitrogen and oxygen atoms in total. The van der Waals surface area contributed by atoms with Crippen molar-refractivity contribution in [2.45, 2.75) is 12.8 Å². The molecule has 11 heteroatoms. The SMILES string of the molecule is COc1ccc2c(c(C=C3SC(=S)N(CCCC(=O)O)C3=O)cn2C)c1[N+](=O)[O-]. The van der Waals surface area contributed by atoms with E-state index in [9.17, 15) is 19.7 Å². The summed E-state index contributed by atoms with van der Waals surface area (Å²) in [4.78, 5) is 36.3. The van der Waals surface area contributed by atoms with E-state index in [0.717, 1.165) is 11.8 Å². The molecule has 29 heavy (non-hydrogen) atoms. The van der Waals surface area contributed by atoms with Gasteiger partial charge in [0, 0.05) is 31.8 Å². The summed E-state index contributed by atoms with van der Waals surface area (Å²) in [5.74, 6) is -1.15. The number of nitro benzene ring substituents is 1. The summed E-state index contributed by atoms with van der Waals surface area (Å²) in [6, 6.07) is 3.25. The Morgan fingerprint density at radius 3 is 2.79 bits per heavy atom. The van der Waals surface area contributed by atoms with E-state index in [1.165, 1.54) is 18.1 Å². The van der Waals surface area contributed by atoms with Crippen LogP contribution in [-0.2, 0) is 16.6 Å². The summed E-state index contributed by atoms with van der Waals surface area (Å²) in [5.41, 5.74) is 0.952. The molecule has 2 aromatic rings. The van der Waals surface area contributed by atoms with Crippen molar-refractivity contribution in [1.29, 1.82) is 0 Å². The number of methoxy groups -OCH3 is 1. The lowest BCUT2D eigenvalue weighted by Gasteiger charge is -2.13. The molecule has 1 saturated heterocycles. The highest BCUT2D eigenvalue weighted by Crippen LogP contribution is 2.40. The zero-order valence-corrected chi connectivity index (χ0v) is 17.2. The number of fused-ring (bicyclic) bond motifs is 1. The lowest BCUT2D eigenvalue weighted by atomic mass is 10.1. The molecule has 3 rings (SSSR count). The van der Waals surface area contributed by atoms with Gasteiger partial charge in [-0.1, -0.05) is 24.0 Å². The first kappa shape index (κ1) is 20.8. The van der Waals surface area contributed by atoms with E-state index in [1.807, 2.05) is 0 Å². The summed E-state index contributed by atoms with van der Waals surface area (Å²) >= 11 is 6.33. The number of aryl methyl sites for hydroxylation is 1. The lowest BCUT2D eigenvalue weighted by molar-refractivity contribution is -0.383. The molecule has 0 saturated carbocycles. The third-order valence-corrected chi connectivity index (χ3v) is 5.83. The number of aromatic nitrogens is 1. The first-order valence-corrected chi connectivity index (χ1v) is 9.74. The van der Waals surface area contributed by atoms with Crippen LogP contribution in [0.4, 0.5) is 5.69 Å². The van der Waals surface area contributed by atoms with E-state index in [1.54, 1.807) is 30.0 Å². The van der Waals surface area contributed by atoms with Crippen molar-refractivity contribution in [2.75, 3.05) is 13.7 Å². The van der Waals surface area contributed by atoms with Gasteiger partial charge in [0.15, 0.2) is 5.75 Å². The molecule has 1 amide bonds. The number of amides is 1. The molecule has 152 valence electrons. The van der Waals surface area contributed by atoms with Crippen LogP contribution in [0, 0.1) is 10.1 Å². The van der Waals surface area contributed by atoms with E-state index in [0.29, 0.717) is 25.7 Å². The van der Waals surface area contributed by atoms with Crippen LogP contribution in [0.3, 0.4) is 0 Å². The third-order valence-electron chi connectivity index (χ3n) is 4.46. The van der Waals surface area contributed by atoms with Crippen molar-refractivity contribution in [1.82, 2.24) is 9.47 Å². The van der Waals surface area contributed by atoms with Gasteiger partial charge in [0.25, 0.3) is 5.91 Å². The number of hydrogen-bond acceptors (Lipinski definition) is 7. The molecule has 1 aliphatic rings. The smallest absolute Gasteiger partial charge is 0.320 e. The number of ether oxygens (including phenoxy) is 1. The van der Waals surface area contributed by atoms with Crippen LogP contribution in [-0.4, -0.2) is 49.3 Å². The van der Waals surface area contributed by atoms with E-state index in [2.05, 4.69) is 0 Å². The molecule has 2 heterocycles. The maximum atomic E-state index is 12.7. The van der Waals surface area contributed by atoms with Gasteiger partial charge in [-0.3, -0.25) is 24.6 Å². The fourth-order valence-electron chi connectivity index (χ4n) is 3.16. The van der Waals surface area contributed by atoms with Crippen LogP contribution in [0.15, 0.2) is 23.2 Å². The predicted molar refractivity (Wildman–Crippen MR) is 113 cm³/mol. The summed E-state index contributed by atoms with van der Waals surface area (Å²) in [7, 11) is 3.12. The fraction of sp³-hybridized carbons (Fsp3) is 0.278. The number of rotatable bonds is 7. The van der Waals surface area contributed by atoms with Gasteiger partial charge in [-0.05, 0) is 24.6 Å². The molecule has 1 aromatic carbocycles. The van der Waals surface area contributed by atoms with E-state index < -0.39 is 10.9 Å². The maximum Gasteiger partial charge on any atom is 0.320 e. The quantitative estimate of drug-likeness (QED) is 0.305. The minimum Gasteiger partial charge on any atom is -0.490 e. The number of thiocarbonyl (C=S) groups is 1. The second kappa shape index (κ2) is 8.21. The number of nitro groups is 1. The van der Waals surface area contributed by atoms with Gasteiger partial charge in [-0.25, -0.2) is 0 Å². The number of carbonyl (C=O) groups excluding carboxylic acids is 1. The minimum atomic E-state index is -0.942. The topological polar surface area (TPSA) is 115 Å². The number of hydrogen-bond donors (Lipinski definition) is 1. The summed E-state index contributed by atoms with van der Waals surface area (Å²) in [6.07, 6.45) is 3.50. The Balaban J connectivity index is 2.02. The molecular weight excluding hydrogens is 418 g/mol. The third kappa shape index (κ3) is 3.96. The lowest BCUT2D eigenvalue weighted by Crippen LogP contribution is -2.29. The molecule has 0 spiro atoms. The van der Waals surface area contributed by atoms with Crippen LogP contribution in [0.2, 0.25) is 0 Å². The predicted octanol–water partition coefficient (Wildman–Crippen LogP) is 3.16. The van der Waals surface area contributed by atoms with Crippen molar-refractivity contribution in [3.63, 3.8) is 0 Å². The first-order valence-electron chi connectivity index (χ1n) is 8.52. The number of benzene rings is 1. The van der Waals surface area contributed by atoms with Crippen molar-refractivity contribution in [3.05, 3.63) is 38.9 Å². The largest absolute Gasteiger partial charge is 0.490 e. The molecule has 0 bridgehead atoms. The highest BCUT2D eigenvalue weighted by molar-refractivity contribution is 8.26. The average molecular weight is 435 g/mol. The standard InChI is InChI=1S/C18H17N3O6S2/c1-19-9-10(15-11(19)5-6-12(27-2)16(15)21(25)26)8-13-17(24)20(18(28)29-13)7-3-4-14(22)23/h5-6,8-9H,3-4,7H2,1-2H3,(H,22,23). The van der Waals surface area contributed by atoms with E-state index >= 15 is 0 Å². The van der Waals surface area contributed by atoms with Crippen molar-refractivity contribution < 1.29 is 24.4 Å². The number of carboxylic acid groups (broad SMARTS) is 1. The molecule has 0 unspecified atom stereocenters. The molecular formula is C18H17N3O6S2. The van der Waals surface area contributed by atoms with Crippen molar-refractivity contribution in [3.8, 4) is 5.75 Å². The molecule has 0 radical (unpaired) electrons. The Kier molecular flexibility index (Phi) is 5.89. The maximum absolute atomic E-state index is 12.7. The molecule has 0 aliphatic carbocycles. The van der Waals surface area contributed by atoms with Crippen LogP contribution in [0.1, 0.15) is 18.4 Å². The van der Waals surface area contributed by atoms with Crippen LogP contribution >= 0.6 is 24.0 Å². The van der Waals surface area contributed by atoms with Crippen LogP contribution < -0.4 is 4.74 Å². The van der Waals surface area contributed by atoms with Crippen LogP contribution in [0.25, 0.3) is 17.0 Å². The van der Waals surface area contributed by atoms with Gasteiger partial charge in [0.1, 0.15) is 4.32 Å². The van der Waals surface area contributed by atoms with Gasteiger partial charge in [-0.15, -0.1) is 0 Å². The number of aliphatic carboxylic acids is 1. The second-order valence-corrected chi connectivity index (χ2v) is 7.97. The fourth-order valence-corrected chi connectivity index (χ4v) is 4.46. The average Bonchev–Trinajstić information content (AvgIpc) is 3.11. The molecule has 1 N–H and O–H groups in total. The van der Waals surface area contributed by atoms with E-state index in [-0.39, 0.29) is 36.7 Å². The monoisotopic (exact) mass is 435 g/mol. The zero-order chi connectivity index (χ0) is 21.3. The number of carboxylic acids is 1. The molecule has 0 atom stereocenters. The van der Waals surface area contributed by atoms with Gasteiger partial charge < -0.3 is 14.4 Å². The van der Waals surface area contributed by atoms with Crippen molar-refractivity contribution >= 4 is 62.8 Å².